The number of pyridine rings is 1. The number of carbonyl (C=O) groups excluding carboxylic acids is 1. The predicted molar refractivity (Wildman–Crippen MR) is 86.2 cm³/mol. The molecule has 2 aliphatic rings. The lowest BCUT2D eigenvalue weighted by Gasteiger charge is -2.37. The average molecular weight is 310 g/mol. The molecule has 0 radical (unpaired) electrons. The fourth-order valence-electron chi connectivity index (χ4n) is 3.70. The molecule has 6 nitrogen and oxygen atoms in total. The highest BCUT2D eigenvalue weighted by Crippen LogP contribution is 2.47. The van der Waals surface area contributed by atoms with Gasteiger partial charge in [0, 0.05) is 36.0 Å². The smallest absolute Gasteiger partial charge is 0.270 e. The monoisotopic (exact) mass is 310 g/mol. The number of hydrogen-bond acceptors (Lipinski definition) is 4. The van der Waals surface area contributed by atoms with Crippen molar-refractivity contribution in [3.63, 3.8) is 0 Å². The normalized spacial score (nSPS) is 22.3. The summed E-state index contributed by atoms with van der Waals surface area (Å²) in [4.78, 5) is 29.3. The molecule has 0 bridgehead atoms. The first-order valence-electron chi connectivity index (χ1n) is 7.70. The molecule has 1 unspecified atom stereocenters. The minimum absolute atomic E-state index is 0.0868. The molecule has 2 aromatic heterocycles. The zero-order chi connectivity index (χ0) is 16.2. The van der Waals surface area contributed by atoms with E-state index in [-0.39, 0.29) is 22.7 Å². The van der Waals surface area contributed by atoms with Crippen molar-refractivity contribution < 1.29 is 4.79 Å². The third-order valence-electron chi connectivity index (χ3n) is 4.61. The highest BCUT2D eigenvalue weighted by Gasteiger charge is 2.42. The lowest BCUT2D eigenvalue weighted by atomic mass is 9.69. The Morgan fingerprint density at radius 1 is 1.22 bits per heavy atom. The molecule has 0 saturated heterocycles. The number of aromatic amines is 2. The van der Waals surface area contributed by atoms with E-state index in [0.717, 1.165) is 17.7 Å². The number of nitrogens with zero attached hydrogens (tertiary/aromatic N) is 1. The lowest BCUT2D eigenvalue weighted by Crippen LogP contribution is -2.35. The van der Waals surface area contributed by atoms with Crippen LogP contribution in [0.25, 0.3) is 0 Å². The Bertz CT molecular complexity index is 873. The van der Waals surface area contributed by atoms with E-state index >= 15 is 0 Å². The van der Waals surface area contributed by atoms with Gasteiger partial charge in [-0.25, -0.2) is 0 Å². The summed E-state index contributed by atoms with van der Waals surface area (Å²) in [6.07, 6.45) is 4.68. The molecule has 118 valence electrons. The number of rotatable bonds is 1. The molecule has 3 heterocycles. The van der Waals surface area contributed by atoms with Gasteiger partial charge in [-0.15, -0.1) is 0 Å². The fourth-order valence-corrected chi connectivity index (χ4v) is 3.70. The van der Waals surface area contributed by atoms with Crippen LogP contribution in [-0.2, 0) is 4.79 Å². The summed E-state index contributed by atoms with van der Waals surface area (Å²) < 4.78 is 0. The van der Waals surface area contributed by atoms with E-state index in [1.807, 2.05) is 12.1 Å². The van der Waals surface area contributed by atoms with Gasteiger partial charge in [-0.3, -0.25) is 24.8 Å². The molecule has 0 aromatic carbocycles. The van der Waals surface area contributed by atoms with Crippen molar-refractivity contribution in [2.75, 3.05) is 5.32 Å². The Balaban J connectivity index is 1.96. The van der Waals surface area contributed by atoms with Gasteiger partial charge in [-0.05, 0) is 23.5 Å². The first-order chi connectivity index (χ1) is 11.0. The summed E-state index contributed by atoms with van der Waals surface area (Å²) in [5.74, 6) is 0.380. The molecule has 0 amide bonds. The molecule has 1 aliphatic carbocycles. The van der Waals surface area contributed by atoms with Crippen LogP contribution in [0, 0.1) is 5.41 Å². The first kappa shape index (κ1) is 14.0. The summed E-state index contributed by atoms with van der Waals surface area (Å²) in [6.45, 7) is 4.18. The van der Waals surface area contributed by atoms with Gasteiger partial charge in [0.2, 0.25) is 0 Å². The quantitative estimate of drug-likeness (QED) is 0.754. The maximum absolute atomic E-state index is 12.8. The van der Waals surface area contributed by atoms with Crippen LogP contribution in [-0.4, -0.2) is 21.0 Å². The van der Waals surface area contributed by atoms with E-state index in [2.05, 4.69) is 34.3 Å². The van der Waals surface area contributed by atoms with Crippen molar-refractivity contribution in [2.24, 2.45) is 5.41 Å². The van der Waals surface area contributed by atoms with Crippen molar-refractivity contribution in [1.29, 1.82) is 0 Å². The van der Waals surface area contributed by atoms with Gasteiger partial charge in [0.15, 0.2) is 5.78 Å². The number of hydrogen-bond donors (Lipinski definition) is 3. The van der Waals surface area contributed by atoms with Crippen LogP contribution in [0.4, 0.5) is 5.82 Å². The predicted octanol–water partition coefficient (Wildman–Crippen LogP) is 2.30. The number of H-pyrrole nitrogens is 2. The standard InChI is InChI=1S/C17H18N4O2/c1-17(2)6-10-13(11(22)7-17)12(9-4-3-5-18-8-9)14-15(19-10)20-21-16(14)23/h3-5,8,12H,6-7H2,1-2H3,(H3,19,20,21,23). The second-order valence-electron chi connectivity index (χ2n) is 7.05. The molecule has 0 fully saturated rings. The second kappa shape index (κ2) is 4.68. The lowest BCUT2D eigenvalue weighted by molar-refractivity contribution is -0.118. The Morgan fingerprint density at radius 2 is 2.04 bits per heavy atom. The average Bonchev–Trinajstić information content (AvgIpc) is 2.86. The number of aromatic nitrogens is 3. The van der Waals surface area contributed by atoms with Crippen molar-refractivity contribution in [3.05, 3.63) is 57.3 Å². The molecule has 3 N–H and O–H groups in total. The first-order valence-corrected chi connectivity index (χ1v) is 7.70. The van der Waals surface area contributed by atoms with Crippen molar-refractivity contribution in [1.82, 2.24) is 15.2 Å². The van der Waals surface area contributed by atoms with E-state index in [0.29, 0.717) is 23.4 Å². The second-order valence-corrected chi connectivity index (χ2v) is 7.05. The van der Waals surface area contributed by atoms with Gasteiger partial charge in [-0.1, -0.05) is 19.9 Å². The maximum Gasteiger partial charge on any atom is 0.270 e. The van der Waals surface area contributed by atoms with Crippen LogP contribution in [0.2, 0.25) is 0 Å². The Hall–Kier alpha value is -2.63. The van der Waals surface area contributed by atoms with Crippen LogP contribution >= 0.6 is 0 Å². The summed E-state index contributed by atoms with van der Waals surface area (Å²) in [7, 11) is 0. The Morgan fingerprint density at radius 3 is 2.78 bits per heavy atom. The Labute approximate surface area is 133 Å². The third-order valence-corrected chi connectivity index (χ3v) is 4.61. The minimum atomic E-state index is -0.367. The zero-order valence-corrected chi connectivity index (χ0v) is 13.1. The minimum Gasteiger partial charge on any atom is -0.343 e. The Kier molecular flexibility index (Phi) is 2.85. The molecule has 4 rings (SSSR count). The summed E-state index contributed by atoms with van der Waals surface area (Å²) in [5.41, 5.74) is 2.74. The van der Waals surface area contributed by atoms with Crippen molar-refractivity contribution in [2.45, 2.75) is 32.6 Å². The maximum atomic E-state index is 12.8. The van der Waals surface area contributed by atoms with E-state index in [9.17, 15) is 9.59 Å². The summed E-state index contributed by atoms with van der Waals surface area (Å²) in [6, 6.07) is 3.74. The number of nitrogens with one attached hydrogen (secondary N) is 3. The van der Waals surface area contributed by atoms with Gasteiger partial charge in [0.25, 0.3) is 5.56 Å². The largest absolute Gasteiger partial charge is 0.343 e. The van der Waals surface area contributed by atoms with Gasteiger partial charge in [-0.2, -0.15) is 0 Å². The number of ketones is 1. The van der Waals surface area contributed by atoms with Crippen molar-refractivity contribution >= 4 is 11.6 Å². The summed E-state index contributed by atoms with van der Waals surface area (Å²) in [5, 5.41) is 8.77. The molecule has 1 atom stereocenters. The molecular weight excluding hydrogens is 292 g/mol. The van der Waals surface area contributed by atoms with Crippen LogP contribution in [0.15, 0.2) is 40.6 Å². The van der Waals surface area contributed by atoms with Gasteiger partial charge < -0.3 is 5.32 Å². The third kappa shape index (κ3) is 2.13. The van der Waals surface area contributed by atoms with Gasteiger partial charge >= 0.3 is 0 Å². The number of Topliss-reactive ketones (excluding diaryl/α,β-unsaturated/α-hetero) is 1. The van der Waals surface area contributed by atoms with Crippen LogP contribution in [0.1, 0.15) is 43.7 Å². The van der Waals surface area contributed by atoms with Crippen molar-refractivity contribution in [3.8, 4) is 0 Å². The molecule has 23 heavy (non-hydrogen) atoms. The van der Waals surface area contributed by atoms with Crippen LogP contribution in [0.3, 0.4) is 0 Å². The van der Waals surface area contributed by atoms with Crippen LogP contribution < -0.4 is 10.9 Å². The highest BCUT2D eigenvalue weighted by molar-refractivity contribution is 6.01. The molecule has 0 spiro atoms. The molecular formula is C17H18N4O2. The zero-order valence-electron chi connectivity index (χ0n) is 13.1. The molecule has 2 aromatic rings. The molecule has 0 saturated carbocycles. The van der Waals surface area contributed by atoms with E-state index < -0.39 is 0 Å². The summed E-state index contributed by atoms with van der Waals surface area (Å²) >= 11 is 0. The topological polar surface area (TPSA) is 90.6 Å². The van der Waals surface area contributed by atoms with E-state index in [1.54, 1.807) is 12.4 Å². The number of carbonyl (C=O) groups is 1. The molecule has 1 aliphatic heterocycles. The van der Waals surface area contributed by atoms with E-state index in [4.69, 9.17) is 0 Å². The van der Waals surface area contributed by atoms with Crippen LogP contribution in [0.5, 0.6) is 0 Å². The van der Waals surface area contributed by atoms with Gasteiger partial charge in [0.05, 0.1) is 5.56 Å². The van der Waals surface area contributed by atoms with E-state index in [1.165, 1.54) is 0 Å². The number of anilines is 1. The number of allylic oxidation sites excluding steroid dienone is 2. The fraction of sp³-hybridized carbons (Fsp3) is 0.353. The SMILES string of the molecule is CC1(C)CC(=O)C2=C(C1)Nc1[nH][nH]c(=O)c1C2c1cccnc1. The highest BCUT2D eigenvalue weighted by atomic mass is 16.1. The molecule has 6 heteroatoms. The van der Waals surface area contributed by atoms with Gasteiger partial charge in [0.1, 0.15) is 5.82 Å². The number of fused-ring (bicyclic) bond motifs is 1.